The van der Waals surface area contributed by atoms with Crippen molar-refractivity contribution in [2.75, 3.05) is 13.1 Å². The van der Waals surface area contributed by atoms with Gasteiger partial charge in [0.2, 0.25) is 5.91 Å². The summed E-state index contributed by atoms with van der Waals surface area (Å²) in [6.45, 7) is 8.43. The number of unbranched alkanes of at least 4 members (excludes halogenated alkanes) is 1. The first-order valence-electron chi connectivity index (χ1n) is 7.25. The van der Waals surface area contributed by atoms with Crippen molar-refractivity contribution in [3.05, 3.63) is 0 Å². The summed E-state index contributed by atoms with van der Waals surface area (Å²) in [6.07, 6.45) is 7.68. The summed E-state index contributed by atoms with van der Waals surface area (Å²) in [5.74, 6) is 0.404. The molecule has 0 spiro atoms. The number of carbonyl (C=O) groups is 1. The van der Waals surface area contributed by atoms with Crippen LogP contribution in [0, 0.1) is 5.41 Å². The smallest absolute Gasteiger partial charge is 0.228 e. The van der Waals surface area contributed by atoms with Crippen LogP contribution in [0.3, 0.4) is 0 Å². The fourth-order valence-corrected chi connectivity index (χ4v) is 2.79. The number of hydrogen-bond acceptors (Lipinski definition) is 1. The molecule has 1 radical (unpaired) electrons. The SMILES string of the molecule is CCCCC(C)(CCC)C(=O)N1CC[B]CC1. The Labute approximate surface area is 107 Å². The quantitative estimate of drug-likeness (QED) is 0.647. The van der Waals surface area contributed by atoms with Gasteiger partial charge in [-0.05, 0) is 12.8 Å². The van der Waals surface area contributed by atoms with E-state index in [1.807, 2.05) is 0 Å². The average Bonchev–Trinajstić information content (AvgIpc) is 2.37. The zero-order valence-corrected chi connectivity index (χ0v) is 11.8. The van der Waals surface area contributed by atoms with E-state index in [1.165, 1.54) is 12.8 Å². The van der Waals surface area contributed by atoms with E-state index >= 15 is 0 Å². The molecule has 1 amide bonds. The number of amides is 1. The van der Waals surface area contributed by atoms with Crippen molar-refractivity contribution < 1.29 is 4.79 Å². The van der Waals surface area contributed by atoms with Crippen molar-refractivity contribution in [1.82, 2.24) is 4.90 Å². The van der Waals surface area contributed by atoms with Crippen LogP contribution in [0.15, 0.2) is 0 Å². The Hall–Kier alpha value is -0.465. The Bertz CT molecular complexity index is 238. The monoisotopic (exact) mass is 236 g/mol. The van der Waals surface area contributed by atoms with Crippen LogP contribution in [0.4, 0.5) is 0 Å². The molecular weight excluding hydrogens is 209 g/mol. The van der Waals surface area contributed by atoms with Gasteiger partial charge in [-0.15, -0.1) is 0 Å². The van der Waals surface area contributed by atoms with Gasteiger partial charge in [-0.1, -0.05) is 52.7 Å². The first-order chi connectivity index (χ1) is 8.14. The highest BCUT2D eigenvalue weighted by molar-refractivity contribution is 6.36. The van der Waals surface area contributed by atoms with Gasteiger partial charge in [0.25, 0.3) is 0 Å². The molecule has 2 nitrogen and oxygen atoms in total. The zero-order chi connectivity index (χ0) is 12.7. The van der Waals surface area contributed by atoms with E-state index < -0.39 is 0 Å². The van der Waals surface area contributed by atoms with Crippen molar-refractivity contribution in [2.24, 2.45) is 5.41 Å². The van der Waals surface area contributed by atoms with Gasteiger partial charge in [0.05, 0.1) is 0 Å². The molecule has 0 aromatic heterocycles. The lowest BCUT2D eigenvalue weighted by atomic mass is 9.68. The molecule has 17 heavy (non-hydrogen) atoms. The van der Waals surface area contributed by atoms with Crippen molar-refractivity contribution in [2.45, 2.75) is 65.5 Å². The van der Waals surface area contributed by atoms with Crippen LogP contribution in [-0.4, -0.2) is 31.2 Å². The predicted octanol–water partition coefficient (Wildman–Crippen LogP) is 3.37. The van der Waals surface area contributed by atoms with Gasteiger partial charge in [-0.3, -0.25) is 4.79 Å². The molecule has 0 bridgehead atoms. The van der Waals surface area contributed by atoms with Crippen LogP contribution in [0.2, 0.25) is 12.6 Å². The van der Waals surface area contributed by atoms with Crippen molar-refractivity contribution in [3.63, 3.8) is 0 Å². The van der Waals surface area contributed by atoms with Gasteiger partial charge < -0.3 is 4.90 Å². The van der Waals surface area contributed by atoms with Crippen LogP contribution in [-0.2, 0) is 4.79 Å². The fourth-order valence-electron chi connectivity index (χ4n) is 2.79. The normalized spacial score (nSPS) is 19.6. The summed E-state index contributed by atoms with van der Waals surface area (Å²) in [4.78, 5) is 14.7. The Balaban J connectivity index is 2.63. The number of hydrogen-bond donors (Lipinski definition) is 0. The molecule has 0 aromatic rings. The minimum Gasteiger partial charge on any atom is -0.344 e. The van der Waals surface area contributed by atoms with Crippen molar-refractivity contribution in [3.8, 4) is 0 Å². The number of rotatable bonds is 6. The molecule has 1 aliphatic heterocycles. The molecule has 0 saturated carbocycles. The van der Waals surface area contributed by atoms with Crippen molar-refractivity contribution >= 4 is 13.2 Å². The van der Waals surface area contributed by atoms with E-state index in [9.17, 15) is 4.79 Å². The zero-order valence-electron chi connectivity index (χ0n) is 11.8. The van der Waals surface area contributed by atoms with Gasteiger partial charge in [0.15, 0.2) is 0 Å². The van der Waals surface area contributed by atoms with Crippen molar-refractivity contribution in [1.29, 1.82) is 0 Å². The van der Waals surface area contributed by atoms with E-state index in [0.29, 0.717) is 5.91 Å². The number of carbonyl (C=O) groups excluding carboxylic acids is 1. The van der Waals surface area contributed by atoms with E-state index in [4.69, 9.17) is 0 Å². The van der Waals surface area contributed by atoms with Gasteiger partial charge in [0, 0.05) is 18.5 Å². The minimum absolute atomic E-state index is 0.109. The molecule has 0 aliphatic carbocycles. The first-order valence-corrected chi connectivity index (χ1v) is 7.25. The second-order valence-electron chi connectivity index (χ2n) is 5.57. The molecule has 1 unspecified atom stereocenters. The highest BCUT2D eigenvalue weighted by Gasteiger charge is 2.35. The predicted molar refractivity (Wildman–Crippen MR) is 74.5 cm³/mol. The second kappa shape index (κ2) is 7.08. The van der Waals surface area contributed by atoms with E-state index in [0.717, 1.165) is 45.0 Å². The summed E-state index contributed by atoms with van der Waals surface area (Å²) >= 11 is 0. The summed E-state index contributed by atoms with van der Waals surface area (Å²) in [7, 11) is 2.30. The van der Waals surface area contributed by atoms with Crippen LogP contribution in [0.5, 0.6) is 0 Å². The Morgan fingerprint density at radius 2 is 1.82 bits per heavy atom. The largest absolute Gasteiger partial charge is 0.344 e. The maximum Gasteiger partial charge on any atom is 0.228 e. The molecule has 1 atom stereocenters. The Morgan fingerprint density at radius 1 is 1.18 bits per heavy atom. The third-order valence-electron chi connectivity index (χ3n) is 3.89. The molecule has 97 valence electrons. The molecule has 1 fully saturated rings. The van der Waals surface area contributed by atoms with Crippen LogP contribution in [0.1, 0.15) is 52.9 Å². The van der Waals surface area contributed by atoms with Gasteiger partial charge >= 0.3 is 0 Å². The molecule has 1 rings (SSSR count). The fraction of sp³-hybridized carbons (Fsp3) is 0.929. The van der Waals surface area contributed by atoms with E-state index in [-0.39, 0.29) is 5.41 Å². The van der Waals surface area contributed by atoms with Crippen LogP contribution >= 0.6 is 0 Å². The minimum atomic E-state index is -0.109. The standard InChI is InChI=1S/C14H27BNO/c1-4-6-8-14(3,7-5-2)13(17)16-11-9-15-10-12-16/h4-12H2,1-3H3. The lowest BCUT2D eigenvalue weighted by Crippen LogP contribution is -2.45. The highest BCUT2D eigenvalue weighted by atomic mass is 16.2. The van der Waals surface area contributed by atoms with Crippen LogP contribution in [0.25, 0.3) is 0 Å². The van der Waals surface area contributed by atoms with E-state index in [2.05, 4.69) is 33.0 Å². The summed E-state index contributed by atoms with van der Waals surface area (Å²) in [5.41, 5.74) is -0.109. The second-order valence-corrected chi connectivity index (χ2v) is 5.57. The molecule has 1 heterocycles. The van der Waals surface area contributed by atoms with E-state index in [1.54, 1.807) is 0 Å². The van der Waals surface area contributed by atoms with Gasteiger partial charge in [-0.25, -0.2) is 0 Å². The van der Waals surface area contributed by atoms with Gasteiger partial charge in [0.1, 0.15) is 7.28 Å². The van der Waals surface area contributed by atoms with Crippen LogP contribution < -0.4 is 0 Å². The summed E-state index contributed by atoms with van der Waals surface area (Å²) < 4.78 is 0. The molecule has 0 N–H and O–H groups in total. The topological polar surface area (TPSA) is 20.3 Å². The molecular formula is C14H27BNO. The maximum atomic E-state index is 12.6. The third kappa shape index (κ3) is 4.04. The number of nitrogens with zero attached hydrogens (tertiary/aromatic N) is 1. The maximum absolute atomic E-state index is 12.6. The molecule has 3 heteroatoms. The third-order valence-corrected chi connectivity index (χ3v) is 3.89. The molecule has 1 aliphatic rings. The molecule has 0 aromatic carbocycles. The first kappa shape index (κ1) is 14.6. The molecule has 1 saturated heterocycles. The lowest BCUT2D eigenvalue weighted by Gasteiger charge is -2.36. The summed E-state index contributed by atoms with van der Waals surface area (Å²) in [5, 5.41) is 0. The summed E-state index contributed by atoms with van der Waals surface area (Å²) in [6, 6.07) is 0. The Morgan fingerprint density at radius 3 is 2.35 bits per heavy atom. The van der Waals surface area contributed by atoms with Gasteiger partial charge in [-0.2, -0.15) is 0 Å². The average molecular weight is 236 g/mol. The Kier molecular flexibility index (Phi) is 6.08. The lowest BCUT2D eigenvalue weighted by molar-refractivity contribution is -0.142. The highest BCUT2D eigenvalue weighted by Crippen LogP contribution is 2.32.